The second-order valence-electron chi connectivity index (χ2n) is 5.08. The fraction of sp³-hybridized carbons (Fsp3) is 0.400. The molecular weight excluding hydrogens is 208 g/mol. The number of aryl methyl sites for hydroxylation is 2. The highest BCUT2D eigenvalue weighted by Gasteiger charge is 2.15. The lowest BCUT2D eigenvalue weighted by molar-refractivity contribution is -0.670. The van der Waals surface area contributed by atoms with Gasteiger partial charge in [0.05, 0.1) is 14.1 Å². The number of nitrogens with zero attached hydrogens (tertiary/aromatic N) is 2. The molecule has 17 heavy (non-hydrogen) atoms. The molecule has 0 atom stereocenters. The van der Waals surface area contributed by atoms with Gasteiger partial charge >= 0.3 is 0 Å². The molecule has 2 aromatic rings. The number of imidazole rings is 1. The monoisotopic (exact) mass is 229 g/mol. The lowest BCUT2D eigenvalue weighted by atomic mass is 9.93. The highest BCUT2D eigenvalue weighted by Crippen LogP contribution is 2.28. The predicted molar refractivity (Wildman–Crippen MR) is 70.9 cm³/mol. The molecule has 0 aliphatic carbocycles. The summed E-state index contributed by atoms with van der Waals surface area (Å²) in [6.45, 7) is 6.71. The third kappa shape index (κ3) is 2.12. The molecule has 0 saturated heterocycles. The first-order valence-corrected chi connectivity index (χ1v) is 6.12. The van der Waals surface area contributed by atoms with Crippen LogP contribution in [0, 0.1) is 6.92 Å². The smallest absolute Gasteiger partial charge is 0.239 e. The third-order valence-electron chi connectivity index (χ3n) is 3.33. The minimum absolute atomic E-state index is 0.573. The van der Waals surface area contributed by atoms with Crippen molar-refractivity contribution in [2.24, 2.45) is 14.1 Å². The van der Waals surface area contributed by atoms with E-state index in [1.54, 1.807) is 0 Å². The summed E-state index contributed by atoms with van der Waals surface area (Å²) < 4.78 is 4.27. The van der Waals surface area contributed by atoms with Gasteiger partial charge in [-0.1, -0.05) is 32.0 Å². The van der Waals surface area contributed by atoms with Gasteiger partial charge in [0.2, 0.25) is 6.33 Å². The molecule has 0 unspecified atom stereocenters. The van der Waals surface area contributed by atoms with Gasteiger partial charge in [0.1, 0.15) is 6.20 Å². The summed E-state index contributed by atoms with van der Waals surface area (Å²) >= 11 is 0. The van der Waals surface area contributed by atoms with Crippen LogP contribution < -0.4 is 4.57 Å². The Balaban J connectivity index is 2.60. The maximum Gasteiger partial charge on any atom is 0.243 e. The van der Waals surface area contributed by atoms with Crippen molar-refractivity contribution < 1.29 is 4.57 Å². The molecule has 0 N–H and O–H groups in total. The second-order valence-corrected chi connectivity index (χ2v) is 5.08. The molecule has 2 nitrogen and oxygen atoms in total. The normalized spacial score (nSPS) is 11.2. The fourth-order valence-electron chi connectivity index (χ4n) is 2.47. The van der Waals surface area contributed by atoms with Crippen LogP contribution in [0.4, 0.5) is 0 Å². The van der Waals surface area contributed by atoms with E-state index >= 15 is 0 Å². The van der Waals surface area contributed by atoms with E-state index < -0.39 is 0 Å². The Kier molecular flexibility index (Phi) is 3.05. The van der Waals surface area contributed by atoms with Crippen molar-refractivity contribution in [3.8, 4) is 11.3 Å². The Morgan fingerprint density at radius 2 is 1.94 bits per heavy atom. The number of hydrogen-bond acceptors (Lipinski definition) is 0. The van der Waals surface area contributed by atoms with Crippen LogP contribution in [-0.2, 0) is 14.1 Å². The van der Waals surface area contributed by atoms with E-state index in [9.17, 15) is 0 Å². The van der Waals surface area contributed by atoms with Crippen molar-refractivity contribution in [1.29, 1.82) is 0 Å². The Morgan fingerprint density at radius 1 is 1.24 bits per heavy atom. The van der Waals surface area contributed by atoms with E-state index in [4.69, 9.17) is 0 Å². The van der Waals surface area contributed by atoms with E-state index in [-0.39, 0.29) is 0 Å². The average Bonchev–Trinajstić information content (AvgIpc) is 2.57. The van der Waals surface area contributed by atoms with Crippen molar-refractivity contribution >= 4 is 0 Å². The number of benzene rings is 1. The molecule has 0 amide bonds. The van der Waals surface area contributed by atoms with Gasteiger partial charge < -0.3 is 0 Å². The average molecular weight is 229 g/mol. The van der Waals surface area contributed by atoms with Crippen LogP contribution >= 0.6 is 0 Å². The van der Waals surface area contributed by atoms with Gasteiger partial charge in [-0.25, -0.2) is 9.13 Å². The van der Waals surface area contributed by atoms with Crippen LogP contribution in [0.3, 0.4) is 0 Å². The number of rotatable bonds is 2. The largest absolute Gasteiger partial charge is 0.243 e. The summed E-state index contributed by atoms with van der Waals surface area (Å²) in [5.74, 6) is 0.573. The molecular formula is C15H21N2+. The second kappa shape index (κ2) is 4.36. The zero-order valence-electron chi connectivity index (χ0n) is 11.4. The molecule has 90 valence electrons. The molecule has 2 rings (SSSR count). The molecule has 0 aliphatic heterocycles. The van der Waals surface area contributed by atoms with E-state index in [1.807, 2.05) is 0 Å². The Hall–Kier alpha value is -1.57. The molecule has 0 saturated carbocycles. The SMILES string of the molecule is Cc1c(-c2c[n+](C)cn2C)cccc1C(C)C. The van der Waals surface area contributed by atoms with Crippen molar-refractivity contribution in [3.05, 3.63) is 41.9 Å². The van der Waals surface area contributed by atoms with E-state index in [0.29, 0.717) is 5.92 Å². The first kappa shape index (κ1) is 11.9. The molecule has 2 heteroatoms. The van der Waals surface area contributed by atoms with Crippen LogP contribution in [0.25, 0.3) is 11.3 Å². The van der Waals surface area contributed by atoms with Crippen LogP contribution in [0.15, 0.2) is 30.7 Å². The molecule has 1 heterocycles. The highest BCUT2D eigenvalue weighted by molar-refractivity contribution is 5.64. The van der Waals surface area contributed by atoms with Crippen molar-refractivity contribution in [2.45, 2.75) is 26.7 Å². The molecule has 1 aromatic carbocycles. The zero-order chi connectivity index (χ0) is 12.6. The minimum Gasteiger partial charge on any atom is -0.239 e. The summed E-state index contributed by atoms with van der Waals surface area (Å²) in [5, 5.41) is 0. The summed E-state index contributed by atoms with van der Waals surface area (Å²) in [4.78, 5) is 0. The topological polar surface area (TPSA) is 8.81 Å². The van der Waals surface area contributed by atoms with Gasteiger partial charge in [-0.3, -0.25) is 0 Å². The van der Waals surface area contributed by atoms with Crippen molar-refractivity contribution in [1.82, 2.24) is 4.57 Å². The van der Waals surface area contributed by atoms with Gasteiger partial charge in [0.25, 0.3) is 0 Å². The summed E-state index contributed by atoms with van der Waals surface area (Å²) in [6, 6.07) is 6.59. The van der Waals surface area contributed by atoms with E-state index in [2.05, 4.69) is 74.7 Å². The van der Waals surface area contributed by atoms with Gasteiger partial charge in [-0.15, -0.1) is 0 Å². The van der Waals surface area contributed by atoms with Crippen LogP contribution in [0.2, 0.25) is 0 Å². The molecule has 0 fully saturated rings. The fourth-order valence-corrected chi connectivity index (χ4v) is 2.47. The number of hydrogen-bond donors (Lipinski definition) is 0. The lowest BCUT2D eigenvalue weighted by Crippen LogP contribution is -2.23. The first-order chi connectivity index (χ1) is 8.00. The minimum atomic E-state index is 0.573. The predicted octanol–water partition coefficient (Wildman–Crippen LogP) is 2.95. The summed E-state index contributed by atoms with van der Waals surface area (Å²) in [5.41, 5.74) is 5.43. The molecule has 0 bridgehead atoms. The molecule has 0 spiro atoms. The van der Waals surface area contributed by atoms with Crippen molar-refractivity contribution in [2.75, 3.05) is 0 Å². The van der Waals surface area contributed by atoms with E-state index in [1.165, 1.54) is 22.4 Å². The van der Waals surface area contributed by atoms with Gasteiger partial charge in [0.15, 0.2) is 5.69 Å². The van der Waals surface area contributed by atoms with Gasteiger partial charge in [-0.2, -0.15) is 0 Å². The standard InChI is InChI=1S/C15H21N2/c1-11(2)13-7-6-8-14(12(13)3)15-9-16(4)10-17(15)5/h6-11H,1-5H3/q+1. The van der Waals surface area contributed by atoms with Crippen LogP contribution in [-0.4, -0.2) is 4.57 Å². The maximum atomic E-state index is 2.25. The molecule has 0 radical (unpaired) electrons. The van der Waals surface area contributed by atoms with E-state index in [0.717, 1.165) is 0 Å². The Labute approximate surface area is 104 Å². The lowest BCUT2D eigenvalue weighted by Gasteiger charge is -2.12. The van der Waals surface area contributed by atoms with Crippen molar-refractivity contribution in [3.63, 3.8) is 0 Å². The molecule has 0 aliphatic rings. The van der Waals surface area contributed by atoms with Gasteiger partial charge in [0, 0.05) is 5.56 Å². The summed E-state index contributed by atoms with van der Waals surface area (Å²) in [7, 11) is 4.15. The highest BCUT2D eigenvalue weighted by atomic mass is 15.1. The van der Waals surface area contributed by atoms with Crippen LogP contribution in [0.1, 0.15) is 30.9 Å². The summed E-state index contributed by atoms with van der Waals surface area (Å²) in [6.07, 6.45) is 4.27. The quantitative estimate of drug-likeness (QED) is 0.700. The number of aromatic nitrogens is 2. The Bertz CT molecular complexity index is 536. The first-order valence-electron chi connectivity index (χ1n) is 6.12. The Morgan fingerprint density at radius 3 is 2.47 bits per heavy atom. The van der Waals surface area contributed by atoms with Crippen LogP contribution in [0.5, 0.6) is 0 Å². The van der Waals surface area contributed by atoms with Gasteiger partial charge in [-0.05, 0) is 24.0 Å². The molecule has 1 aromatic heterocycles. The maximum absolute atomic E-state index is 2.25. The third-order valence-corrected chi connectivity index (χ3v) is 3.33. The zero-order valence-corrected chi connectivity index (χ0v) is 11.4.